The molecule has 0 spiro atoms. The largest absolute Gasteiger partial charge is 0.381 e. The average molecular weight is 231 g/mol. The second-order valence-electron chi connectivity index (χ2n) is 3.96. The minimum atomic E-state index is -0.362. The van der Waals surface area contributed by atoms with E-state index in [4.69, 9.17) is 14.2 Å². The summed E-state index contributed by atoms with van der Waals surface area (Å²) in [4.78, 5) is 11.6. The first-order valence-corrected chi connectivity index (χ1v) is 5.66. The Morgan fingerprint density at radius 1 is 1.38 bits per heavy atom. The first kappa shape index (κ1) is 13.4. The zero-order valence-corrected chi connectivity index (χ0v) is 10.0. The topological polar surface area (TPSA) is 56.8 Å². The Balaban J connectivity index is 2.14. The Hall–Kier alpha value is -0.650. The van der Waals surface area contributed by atoms with Gasteiger partial charge in [0.05, 0.1) is 6.54 Å². The molecular formula is C11H21NO4. The van der Waals surface area contributed by atoms with Crippen LogP contribution in [-0.4, -0.2) is 46.2 Å². The van der Waals surface area contributed by atoms with Crippen molar-refractivity contribution in [3.8, 4) is 0 Å². The van der Waals surface area contributed by atoms with E-state index in [-0.39, 0.29) is 12.2 Å². The predicted molar refractivity (Wildman–Crippen MR) is 59.0 cm³/mol. The Labute approximate surface area is 96.4 Å². The second kappa shape index (κ2) is 7.60. The normalized spacial score (nSPS) is 17.7. The van der Waals surface area contributed by atoms with Crippen molar-refractivity contribution >= 4 is 5.91 Å². The van der Waals surface area contributed by atoms with Crippen LogP contribution in [0.5, 0.6) is 0 Å². The van der Waals surface area contributed by atoms with Gasteiger partial charge in [0.15, 0.2) is 6.29 Å². The molecule has 0 atom stereocenters. The number of carbonyl (C=O) groups excluding carboxylic acids is 1. The van der Waals surface area contributed by atoms with E-state index in [1.807, 2.05) is 0 Å². The van der Waals surface area contributed by atoms with Crippen LogP contribution >= 0.6 is 0 Å². The number of amides is 1. The minimum Gasteiger partial charge on any atom is -0.381 e. The molecule has 1 N–H and O–H groups in total. The predicted octanol–water partition coefficient (Wildman–Crippen LogP) is 0.538. The quantitative estimate of drug-likeness (QED) is 0.678. The van der Waals surface area contributed by atoms with Crippen LogP contribution in [0.1, 0.15) is 19.3 Å². The molecule has 1 rings (SSSR count). The van der Waals surface area contributed by atoms with E-state index in [0.29, 0.717) is 18.9 Å². The summed E-state index contributed by atoms with van der Waals surface area (Å²) in [6, 6.07) is 0. The summed E-state index contributed by atoms with van der Waals surface area (Å²) in [5, 5.41) is 2.80. The summed E-state index contributed by atoms with van der Waals surface area (Å²) in [5.41, 5.74) is 0. The van der Waals surface area contributed by atoms with E-state index in [2.05, 4.69) is 5.32 Å². The van der Waals surface area contributed by atoms with Crippen molar-refractivity contribution in [2.75, 3.05) is 34.0 Å². The molecule has 94 valence electrons. The maximum absolute atomic E-state index is 11.6. The van der Waals surface area contributed by atoms with Gasteiger partial charge in [0.1, 0.15) is 0 Å². The smallest absolute Gasteiger partial charge is 0.220 e. The zero-order valence-electron chi connectivity index (χ0n) is 10.0. The lowest BCUT2D eigenvalue weighted by Crippen LogP contribution is -2.35. The zero-order chi connectivity index (χ0) is 11.8. The number of methoxy groups -OCH3 is 2. The van der Waals surface area contributed by atoms with E-state index >= 15 is 0 Å². The number of carbonyl (C=O) groups is 1. The number of ether oxygens (including phenoxy) is 3. The van der Waals surface area contributed by atoms with Gasteiger partial charge >= 0.3 is 0 Å². The summed E-state index contributed by atoms with van der Waals surface area (Å²) < 4.78 is 15.2. The molecule has 16 heavy (non-hydrogen) atoms. The van der Waals surface area contributed by atoms with Crippen LogP contribution in [0.4, 0.5) is 0 Å². The van der Waals surface area contributed by atoms with Crippen molar-refractivity contribution in [1.82, 2.24) is 5.32 Å². The maximum Gasteiger partial charge on any atom is 0.220 e. The van der Waals surface area contributed by atoms with Crippen LogP contribution < -0.4 is 5.32 Å². The molecule has 1 amide bonds. The van der Waals surface area contributed by atoms with Gasteiger partial charge in [0.2, 0.25) is 5.91 Å². The molecule has 1 aliphatic heterocycles. The minimum absolute atomic E-state index is 0.0611. The molecule has 5 heteroatoms. The third-order valence-corrected chi connectivity index (χ3v) is 2.81. The van der Waals surface area contributed by atoms with Gasteiger partial charge in [-0.05, 0) is 18.8 Å². The molecule has 0 aromatic rings. The first-order chi connectivity index (χ1) is 7.76. The van der Waals surface area contributed by atoms with Gasteiger partial charge < -0.3 is 19.5 Å². The Morgan fingerprint density at radius 2 is 2.00 bits per heavy atom. The molecular weight excluding hydrogens is 210 g/mol. The summed E-state index contributed by atoms with van der Waals surface area (Å²) in [6.07, 6.45) is 2.17. The number of hydrogen-bond acceptors (Lipinski definition) is 4. The van der Waals surface area contributed by atoms with Crippen molar-refractivity contribution in [2.45, 2.75) is 25.6 Å². The highest BCUT2D eigenvalue weighted by Crippen LogP contribution is 2.17. The molecule has 5 nitrogen and oxygen atoms in total. The molecule has 1 aliphatic rings. The molecule has 0 radical (unpaired) electrons. The van der Waals surface area contributed by atoms with Gasteiger partial charge in [0.25, 0.3) is 0 Å². The molecule has 0 aliphatic carbocycles. The maximum atomic E-state index is 11.6. The molecule has 1 heterocycles. The highest BCUT2D eigenvalue weighted by atomic mass is 16.7. The number of hydrogen-bond donors (Lipinski definition) is 1. The van der Waals surface area contributed by atoms with Gasteiger partial charge in [0, 0.05) is 33.9 Å². The van der Waals surface area contributed by atoms with Crippen LogP contribution in [0.3, 0.4) is 0 Å². The average Bonchev–Trinajstić information content (AvgIpc) is 2.31. The SMILES string of the molecule is COC(CNC(=O)CC1CCOCC1)OC. The third kappa shape index (κ3) is 4.92. The molecule has 1 fully saturated rings. The molecule has 0 saturated carbocycles. The molecule has 1 saturated heterocycles. The van der Waals surface area contributed by atoms with Gasteiger partial charge in [-0.15, -0.1) is 0 Å². The van der Waals surface area contributed by atoms with Crippen LogP contribution in [-0.2, 0) is 19.0 Å². The van der Waals surface area contributed by atoms with Crippen molar-refractivity contribution in [1.29, 1.82) is 0 Å². The van der Waals surface area contributed by atoms with E-state index in [1.54, 1.807) is 14.2 Å². The fourth-order valence-electron chi connectivity index (χ4n) is 1.74. The van der Waals surface area contributed by atoms with Gasteiger partial charge in [-0.1, -0.05) is 0 Å². The van der Waals surface area contributed by atoms with E-state index in [1.165, 1.54) is 0 Å². The second-order valence-corrected chi connectivity index (χ2v) is 3.96. The standard InChI is InChI=1S/C11H21NO4/c1-14-11(15-2)8-12-10(13)7-9-3-5-16-6-4-9/h9,11H,3-8H2,1-2H3,(H,12,13). The monoisotopic (exact) mass is 231 g/mol. The summed E-state index contributed by atoms with van der Waals surface area (Å²) >= 11 is 0. The van der Waals surface area contributed by atoms with Gasteiger partial charge in [-0.2, -0.15) is 0 Å². The fourth-order valence-corrected chi connectivity index (χ4v) is 1.74. The first-order valence-electron chi connectivity index (χ1n) is 5.66. The Bertz CT molecular complexity index is 200. The van der Waals surface area contributed by atoms with Crippen LogP contribution in [0.2, 0.25) is 0 Å². The lowest BCUT2D eigenvalue weighted by Gasteiger charge is -2.21. The Kier molecular flexibility index (Phi) is 6.37. The van der Waals surface area contributed by atoms with Crippen molar-refractivity contribution in [3.05, 3.63) is 0 Å². The summed E-state index contributed by atoms with van der Waals surface area (Å²) in [5.74, 6) is 0.517. The lowest BCUT2D eigenvalue weighted by atomic mass is 9.96. The third-order valence-electron chi connectivity index (χ3n) is 2.81. The van der Waals surface area contributed by atoms with Crippen molar-refractivity contribution in [3.63, 3.8) is 0 Å². The van der Waals surface area contributed by atoms with Crippen molar-refractivity contribution < 1.29 is 19.0 Å². The van der Waals surface area contributed by atoms with Crippen LogP contribution in [0.25, 0.3) is 0 Å². The fraction of sp³-hybridized carbons (Fsp3) is 0.909. The lowest BCUT2D eigenvalue weighted by molar-refractivity contribution is -0.128. The Morgan fingerprint density at radius 3 is 2.56 bits per heavy atom. The highest BCUT2D eigenvalue weighted by molar-refractivity contribution is 5.76. The summed E-state index contributed by atoms with van der Waals surface area (Å²) in [7, 11) is 3.11. The highest BCUT2D eigenvalue weighted by Gasteiger charge is 2.17. The number of nitrogens with one attached hydrogen (secondary N) is 1. The van der Waals surface area contributed by atoms with E-state index < -0.39 is 0 Å². The van der Waals surface area contributed by atoms with Crippen LogP contribution in [0.15, 0.2) is 0 Å². The van der Waals surface area contributed by atoms with Gasteiger partial charge in [-0.3, -0.25) is 4.79 Å². The van der Waals surface area contributed by atoms with Gasteiger partial charge in [-0.25, -0.2) is 0 Å². The molecule has 0 aromatic heterocycles. The number of rotatable bonds is 6. The molecule has 0 aromatic carbocycles. The van der Waals surface area contributed by atoms with E-state index in [0.717, 1.165) is 26.1 Å². The summed E-state index contributed by atoms with van der Waals surface area (Å²) in [6.45, 7) is 1.95. The molecule has 0 unspecified atom stereocenters. The van der Waals surface area contributed by atoms with Crippen molar-refractivity contribution in [2.24, 2.45) is 5.92 Å². The van der Waals surface area contributed by atoms with E-state index in [9.17, 15) is 4.79 Å². The van der Waals surface area contributed by atoms with Crippen LogP contribution in [0, 0.1) is 5.92 Å². The molecule has 0 bridgehead atoms.